The molecule has 0 saturated carbocycles. The average Bonchev–Trinajstić information content (AvgIpc) is 3.69. The van der Waals surface area contributed by atoms with E-state index in [1.54, 1.807) is 48.0 Å². The molecule has 6 aromatic rings. The summed E-state index contributed by atoms with van der Waals surface area (Å²) in [5, 5.41) is 20.6. The molecule has 6 rings (SSSR count). The van der Waals surface area contributed by atoms with Crippen LogP contribution in [0.4, 0.5) is 32.0 Å². The van der Waals surface area contributed by atoms with E-state index in [1.807, 2.05) is 23.6 Å². The van der Waals surface area contributed by atoms with E-state index in [1.165, 1.54) is 27.9 Å². The standard InChI is InChI=1S/C17H16F3NO2.C9H6F3N3O.C9H7N3S/c1-11(2)23-13-7-5-6-12(10-13)21-16(22)14-8-3-4-9-15(14)17(18,19)20;10-9(11,12)7-1-3-14-5-6(7)8(16)15-4-2-13;1-6-3-2-4-7-8(6)12-5-10-11-9(12)13-7/h3-11H,1-2H3,(H,21,22);1,3,5H,4H2,(H,15,16);2-5H,1H3. The van der Waals surface area contributed by atoms with Crippen molar-refractivity contribution in [2.24, 2.45) is 0 Å². The highest BCUT2D eigenvalue weighted by molar-refractivity contribution is 7.23. The molecular weight excluding hydrogens is 712 g/mol. The van der Waals surface area contributed by atoms with Crippen molar-refractivity contribution in [1.29, 1.82) is 5.26 Å². The van der Waals surface area contributed by atoms with Gasteiger partial charge in [0.05, 0.1) is 44.6 Å². The van der Waals surface area contributed by atoms with Gasteiger partial charge in [-0.15, -0.1) is 10.2 Å². The lowest BCUT2D eigenvalue weighted by Crippen LogP contribution is -2.26. The van der Waals surface area contributed by atoms with Gasteiger partial charge in [-0.2, -0.15) is 31.6 Å². The number of pyridine rings is 1. The summed E-state index contributed by atoms with van der Waals surface area (Å²) < 4.78 is 85.0. The molecule has 3 aromatic carbocycles. The molecule has 0 radical (unpaired) electrons. The topological polar surface area (TPSA) is 134 Å². The zero-order valence-corrected chi connectivity index (χ0v) is 28.4. The number of hydrogen-bond donors (Lipinski definition) is 2. The Morgan fingerprint density at radius 1 is 0.923 bits per heavy atom. The Kier molecular flexibility index (Phi) is 12.5. The van der Waals surface area contributed by atoms with Crippen molar-refractivity contribution < 1.29 is 40.7 Å². The Hall–Kier alpha value is -6.02. The van der Waals surface area contributed by atoms with Crippen LogP contribution in [0.3, 0.4) is 0 Å². The van der Waals surface area contributed by atoms with Crippen LogP contribution in [0.5, 0.6) is 5.75 Å². The first-order chi connectivity index (χ1) is 24.6. The summed E-state index contributed by atoms with van der Waals surface area (Å²) in [7, 11) is 0. The van der Waals surface area contributed by atoms with Crippen molar-refractivity contribution in [3.05, 3.63) is 119 Å². The van der Waals surface area contributed by atoms with E-state index in [4.69, 9.17) is 10.00 Å². The Morgan fingerprint density at radius 3 is 2.31 bits per heavy atom. The number of nitriles is 1. The van der Waals surface area contributed by atoms with Gasteiger partial charge >= 0.3 is 12.4 Å². The zero-order chi connectivity index (χ0) is 38.1. The molecule has 0 saturated heterocycles. The lowest BCUT2D eigenvalue weighted by molar-refractivity contribution is -0.138. The van der Waals surface area contributed by atoms with Crippen LogP contribution in [0.2, 0.25) is 0 Å². The number of amides is 2. The smallest absolute Gasteiger partial charge is 0.417 e. The number of halogens is 6. The summed E-state index contributed by atoms with van der Waals surface area (Å²) in [6, 6.07) is 19.8. The molecule has 0 aliphatic heterocycles. The van der Waals surface area contributed by atoms with E-state index in [0.29, 0.717) is 17.5 Å². The van der Waals surface area contributed by atoms with Gasteiger partial charge in [-0.1, -0.05) is 41.7 Å². The second-order valence-electron chi connectivity index (χ2n) is 11.0. The van der Waals surface area contributed by atoms with Gasteiger partial charge in [-0.25, -0.2) is 0 Å². The zero-order valence-electron chi connectivity index (χ0n) is 27.6. The number of para-hydroxylation sites is 1. The minimum absolute atomic E-state index is 0.0492. The fraction of sp³-hybridized carbons (Fsp3) is 0.200. The third-order valence-electron chi connectivity index (χ3n) is 6.80. The summed E-state index contributed by atoms with van der Waals surface area (Å²) in [6.07, 6.45) is -5.73. The average molecular weight is 742 g/mol. The first-order valence-corrected chi connectivity index (χ1v) is 16.0. The van der Waals surface area contributed by atoms with E-state index >= 15 is 0 Å². The fourth-order valence-corrected chi connectivity index (χ4v) is 5.68. The Bertz CT molecular complexity index is 2210. The molecule has 3 aromatic heterocycles. The third-order valence-corrected chi connectivity index (χ3v) is 7.81. The number of carbonyl (C=O) groups is 2. The quantitative estimate of drug-likeness (QED) is 0.129. The molecule has 10 nitrogen and oxygen atoms in total. The third kappa shape index (κ3) is 10.0. The van der Waals surface area contributed by atoms with Gasteiger partial charge in [0.15, 0.2) is 0 Å². The number of aromatic nitrogens is 4. The molecule has 0 spiro atoms. The lowest BCUT2D eigenvalue weighted by atomic mass is 10.1. The van der Waals surface area contributed by atoms with E-state index in [2.05, 4.69) is 45.6 Å². The summed E-state index contributed by atoms with van der Waals surface area (Å²) >= 11 is 1.67. The van der Waals surface area contributed by atoms with Crippen molar-refractivity contribution in [3.8, 4) is 11.8 Å². The van der Waals surface area contributed by atoms with E-state index in [9.17, 15) is 35.9 Å². The molecule has 0 bridgehead atoms. The van der Waals surface area contributed by atoms with E-state index < -0.39 is 46.4 Å². The lowest BCUT2D eigenvalue weighted by Gasteiger charge is -2.14. The van der Waals surface area contributed by atoms with Crippen molar-refractivity contribution in [2.45, 2.75) is 39.2 Å². The number of aryl methyl sites for hydroxylation is 1. The SMILES string of the molecule is CC(C)Oc1cccc(NC(=O)c2ccccc2C(F)(F)F)c1.Cc1cccc2sc3nncn3c12.N#CCNC(=O)c1cnccc1C(F)(F)F. The van der Waals surface area contributed by atoms with Crippen LogP contribution in [0.15, 0.2) is 91.5 Å². The summed E-state index contributed by atoms with van der Waals surface area (Å²) in [4.78, 5) is 27.8. The fourth-order valence-electron chi connectivity index (χ4n) is 4.65. The largest absolute Gasteiger partial charge is 0.491 e. The summed E-state index contributed by atoms with van der Waals surface area (Å²) in [6.45, 7) is 5.45. The van der Waals surface area contributed by atoms with Crippen LogP contribution < -0.4 is 15.4 Å². The second-order valence-corrected chi connectivity index (χ2v) is 12.0. The number of alkyl halides is 6. The number of anilines is 1. The normalized spacial score (nSPS) is 11.2. The summed E-state index contributed by atoms with van der Waals surface area (Å²) in [5.41, 5.74) is -0.188. The van der Waals surface area contributed by atoms with Gasteiger partial charge in [-0.3, -0.25) is 19.0 Å². The first kappa shape index (κ1) is 38.8. The first-order valence-electron chi connectivity index (χ1n) is 15.2. The second kappa shape index (κ2) is 16.8. The van der Waals surface area contributed by atoms with Crippen LogP contribution in [0.1, 0.15) is 51.3 Å². The minimum Gasteiger partial charge on any atom is -0.491 e. The maximum atomic E-state index is 13.0. The van der Waals surface area contributed by atoms with Crippen LogP contribution in [-0.4, -0.2) is 44.0 Å². The molecule has 17 heteroatoms. The molecule has 270 valence electrons. The van der Waals surface area contributed by atoms with Crippen LogP contribution >= 0.6 is 11.3 Å². The monoisotopic (exact) mass is 741 g/mol. The van der Waals surface area contributed by atoms with Gasteiger partial charge < -0.3 is 15.4 Å². The van der Waals surface area contributed by atoms with Gasteiger partial charge in [0.1, 0.15) is 18.6 Å². The van der Waals surface area contributed by atoms with Gasteiger partial charge in [0.2, 0.25) is 4.96 Å². The highest BCUT2D eigenvalue weighted by Gasteiger charge is 2.36. The molecule has 0 atom stereocenters. The molecular formula is C35H29F6N7O3S. The predicted molar refractivity (Wildman–Crippen MR) is 182 cm³/mol. The van der Waals surface area contributed by atoms with E-state index in [0.717, 1.165) is 29.5 Å². The van der Waals surface area contributed by atoms with Gasteiger partial charge in [0.25, 0.3) is 11.8 Å². The molecule has 0 unspecified atom stereocenters. The van der Waals surface area contributed by atoms with Crippen molar-refractivity contribution in [1.82, 2.24) is 24.9 Å². The minimum atomic E-state index is -4.62. The summed E-state index contributed by atoms with van der Waals surface area (Å²) in [5.74, 6) is -1.26. The maximum Gasteiger partial charge on any atom is 0.417 e. The molecule has 0 fully saturated rings. The Labute approximate surface area is 296 Å². The van der Waals surface area contributed by atoms with Crippen molar-refractivity contribution in [2.75, 3.05) is 11.9 Å². The van der Waals surface area contributed by atoms with Crippen LogP contribution in [-0.2, 0) is 12.4 Å². The molecule has 0 aliphatic carbocycles. The number of nitrogens with zero attached hydrogens (tertiary/aromatic N) is 5. The highest BCUT2D eigenvalue weighted by Crippen LogP contribution is 2.33. The van der Waals surface area contributed by atoms with Gasteiger partial charge in [-0.05, 0) is 62.7 Å². The van der Waals surface area contributed by atoms with Crippen LogP contribution in [0, 0.1) is 18.3 Å². The Morgan fingerprint density at radius 2 is 1.62 bits per heavy atom. The molecule has 52 heavy (non-hydrogen) atoms. The number of ether oxygens (including phenoxy) is 1. The van der Waals surface area contributed by atoms with Crippen molar-refractivity contribution >= 4 is 44.0 Å². The molecule has 2 N–H and O–H groups in total. The predicted octanol–water partition coefficient (Wildman–Crippen LogP) is 8.35. The molecule has 2 amide bonds. The van der Waals surface area contributed by atoms with Crippen molar-refractivity contribution in [3.63, 3.8) is 0 Å². The number of rotatable bonds is 6. The van der Waals surface area contributed by atoms with Gasteiger partial charge in [0, 0.05) is 24.1 Å². The number of benzene rings is 3. The number of nitrogens with one attached hydrogen (secondary N) is 2. The maximum absolute atomic E-state index is 13.0. The number of carbonyl (C=O) groups excluding carboxylic acids is 2. The van der Waals surface area contributed by atoms with Crippen LogP contribution in [0.25, 0.3) is 15.2 Å². The number of fused-ring (bicyclic) bond motifs is 3. The van der Waals surface area contributed by atoms with E-state index in [-0.39, 0.29) is 12.6 Å². The number of thiazole rings is 1. The Balaban J connectivity index is 0.000000182. The number of hydrogen-bond acceptors (Lipinski definition) is 8. The molecule has 3 heterocycles. The molecule has 0 aliphatic rings. The highest BCUT2D eigenvalue weighted by atomic mass is 32.1.